The molecule has 1 N–H and O–H groups in total. The molecule has 0 bridgehead atoms. The number of carbonyl (C=O) groups excluding carboxylic acids is 2. The first-order valence-corrected chi connectivity index (χ1v) is 10.8. The lowest BCUT2D eigenvalue weighted by Gasteiger charge is -2.25. The minimum atomic E-state index is -0.362. The van der Waals surface area contributed by atoms with Crippen LogP contribution in [-0.4, -0.2) is 44.3 Å². The van der Waals surface area contributed by atoms with Gasteiger partial charge in [-0.15, -0.1) is 11.3 Å². The van der Waals surface area contributed by atoms with E-state index in [-0.39, 0.29) is 18.4 Å². The van der Waals surface area contributed by atoms with E-state index in [1.165, 1.54) is 11.3 Å². The van der Waals surface area contributed by atoms with Crippen molar-refractivity contribution in [3.8, 4) is 17.6 Å². The highest BCUT2D eigenvalue weighted by Gasteiger charge is 2.28. The van der Waals surface area contributed by atoms with Crippen LogP contribution >= 0.6 is 11.3 Å². The Morgan fingerprint density at radius 2 is 1.94 bits per heavy atom. The molecule has 8 nitrogen and oxygen atoms in total. The summed E-state index contributed by atoms with van der Waals surface area (Å²) in [7, 11) is 3.16. The van der Waals surface area contributed by atoms with Crippen LogP contribution in [0.2, 0.25) is 0 Å². The lowest BCUT2D eigenvalue weighted by Crippen LogP contribution is -2.35. The van der Waals surface area contributed by atoms with Crippen LogP contribution in [0.3, 0.4) is 0 Å². The molecule has 2 heterocycles. The van der Waals surface area contributed by atoms with Crippen molar-refractivity contribution in [1.82, 2.24) is 4.90 Å². The maximum absolute atomic E-state index is 12.6. The Morgan fingerprint density at radius 3 is 2.55 bits per heavy atom. The molecule has 2 amide bonds. The van der Waals surface area contributed by atoms with Gasteiger partial charge >= 0.3 is 6.09 Å². The molecule has 1 aliphatic heterocycles. The number of nitrogens with zero attached hydrogens (tertiary/aromatic N) is 2. The molecular formula is C22H25N3O5S. The number of aryl methyl sites for hydroxylation is 1. The number of hydrogen-bond acceptors (Lipinski definition) is 7. The van der Waals surface area contributed by atoms with Gasteiger partial charge in [0.15, 0.2) is 0 Å². The zero-order chi connectivity index (χ0) is 22.4. The molecule has 9 heteroatoms. The minimum absolute atomic E-state index is 0.181. The molecule has 0 aliphatic carbocycles. The van der Waals surface area contributed by atoms with E-state index >= 15 is 0 Å². The molecule has 0 spiro atoms. The van der Waals surface area contributed by atoms with Crippen LogP contribution in [0, 0.1) is 11.3 Å². The van der Waals surface area contributed by atoms with E-state index in [1.54, 1.807) is 32.1 Å². The number of benzene rings is 1. The number of ether oxygens (including phenoxy) is 3. The monoisotopic (exact) mass is 443 g/mol. The summed E-state index contributed by atoms with van der Waals surface area (Å²) >= 11 is 1.34. The van der Waals surface area contributed by atoms with E-state index in [1.807, 2.05) is 12.1 Å². The lowest BCUT2D eigenvalue weighted by atomic mass is 10.0. The number of nitriles is 1. The van der Waals surface area contributed by atoms with Gasteiger partial charge in [0.05, 0.1) is 32.9 Å². The standard InChI is InChI=1S/C22H25N3O5S/c1-4-30-22(27)25-8-7-17-18(12-23)21(31-19(17)13-25)24-20(26)6-5-14-9-15(28-2)11-16(10-14)29-3/h9-11H,4-8,13H2,1-3H3,(H,24,26). The second kappa shape index (κ2) is 10.2. The molecule has 1 aromatic heterocycles. The first-order chi connectivity index (χ1) is 15.0. The maximum Gasteiger partial charge on any atom is 0.410 e. The van der Waals surface area contributed by atoms with Gasteiger partial charge in [0.1, 0.15) is 22.6 Å². The molecule has 3 rings (SSSR count). The molecule has 31 heavy (non-hydrogen) atoms. The predicted octanol–water partition coefficient (Wildman–Crippen LogP) is 3.72. The van der Waals surface area contributed by atoms with E-state index in [0.29, 0.717) is 54.6 Å². The quantitative estimate of drug-likeness (QED) is 0.700. The summed E-state index contributed by atoms with van der Waals surface area (Å²) in [6.45, 7) is 2.95. The van der Waals surface area contributed by atoms with Crippen molar-refractivity contribution in [3.63, 3.8) is 0 Å². The summed E-state index contributed by atoms with van der Waals surface area (Å²) in [5.74, 6) is 1.15. The Bertz CT molecular complexity index is 989. The van der Waals surface area contributed by atoms with Crippen LogP contribution < -0.4 is 14.8 Å². The number of hydrogen-bond donors (Lipinski definition) is 1. The lowest BCUT2D eigenvalue weighted by molar-refractivity contribution is -0.116. The smallest absolute Gasteiger partial charge is 0.410 e. The third-order valence-corrected chi connectivity index (χ3v) is 6.13. The van der Waals surface area contributed by atoms with Crippen LogP contribution in [0.25, 0.3) is 0 Å². The molecule has 164 valence electrons. The predicted molar refractivity (Wildman–Crippen MR) is 117 cm³/mol. The zero-order valence-electron chi connectivity index (χ0n) is 17.8. The van der Waals surface area contributed by atoms with Crippen molar-refractivity contribution in [1.29, 1.82) is 5.26 Å². The number of methoxy groups -OCH3 is 2. The Hall–Kier alpha value is -3.25. The van der Waals surface area contributed by atoms with Crippen molar-refractivity contribution in [2.24, 2.45) is 0 Å². The fourth-order valence-corrected chi connectivity index (χ4v) is 4.67. The number of amides is 2. The van der Waals surface area contributed by atoms with Crippen LogP contribution in [0.4, 0.5) is 9.80 Å². The average Bonchev–Trinajstić information content (AvgIpc) is 3.13. The fraction of sp³-hybridized carbons (Fsp3) is 0.409. The minimum Gasteiger partial charge on any atom is -0.497 e. The van der Waals surface area contributed by atoms with E-state index in [9.17, 15) is 14.9 Å². The third kappa shape index (κ3) is 5.27. The second-order valence-corrected chi connectivity index (χ2v) is 8.06. The SMILES string of the molecule is CCOC(=O)N1CCc2c(sc(NC(=O)CCc3cc(OC)cc(OC)c3)c2C#N)C1. The van der Waals surface area contributed by atoms with Crippen molar-refractivity contribution in [2.45, 2.75) is 32.7 Å². The van der Waals surface area contributed by atoms with E-state index in [2.05, 4.69) is 11.4 Å². The normalized spacial score (nSPS) is 12.5. The number of anilines is 1. The summed E-state index contributed by atoms with van der Waals surface area (Å²) < 4.78 is 15.6. The summed E-state index contributed by atoms with van der Waals surface area (Å²) in [5, 5.41) is 13.0. The van der Waals surface area contributed by atoms with Gasteiger partial charge in [-0.1, -0.05) is 0 Å². The molecule has 0 saturated carbocycles. The first kappa shape index (κ1) is 22.4. The maximum atomic E-state index is 12.6. The highest BCUT2D eigenvalue weighted by atomic mass is 32.1. The van der Waals surface area contributed by atoms with Gasteiger partial charge in [0.25, 0.3) is 0 Å². The van der Waals surface area contributed by atoms with Gasteiger partial charge in [-0.2, -0.15) is 5.26 Å². The van der Waals surface area contributed by atoms with E-state index < -0.39 is 0 Å². The van der Waals surface area contributed by atoms with Crippen LogP contribution in [-0.2, 0) is 28.9 Å². The fourth-order valence-electron chi connectivity index (χ4n) is 3.44. The molecular weight excluding hydrogens is 418 g/mol. The summed E-state index contributed by atoms with van der Waals surface area (Å²) in [6.07, 6.45) is 0.953. The van der Waals surface area contributed by atoms with Gasteiger partial charge in [-0.25, -0.2) is 4.79 Å². The average molecular weight is 444 g/mol. The van der Waals surface area contributed by atoms with Gasteiger partial charge in [-0.05, 0) is 43.0 Å². The third-order valence-electron chi connectivity index (χ3n) is 5.00. The number of nitrogens with one attached hydrogen (secondary N) is 1. The first-order valence-electron chi connectivity index (χ1n) is 9.97. The van der Waals surface area contributed by atoms with E-state index in [0.717, 1.165) is 16.0 Å². The molecule has 0 radical (unpaired) electrons. The molecule has 1 aromatic carbocycles. The number of fused-ring (bicyclic) bond motifs is 1. The molecule has 0 unspecified atom stereocenters. The largest absolute Gasteiger partial charge is 0.497 e. The van der Waals surface area contributed by atoms with Crippen molar-refractivity contribution in [2.75, 3.05) is 32.7 Å². The Kier molecular flexibility index (Phi) is 7.36. The topological polar surface area (TPSA) is 101 Å². The summed E-state index contributed by atoms with van der Waals surface area (Å²) in [5.41, 5.74) is 2.31. The van der Waals surface area contributed by atoms with E-state index in [4.69, 9.17) is 14.2 Å². The summed E-state index contributed by atoms with van der Waals surface area (Å²) in [4.78, 5) is 27.1. The summed E-state index contributed by atoms with van der Waals surface area (Å²) in [6, 6.07) is 7.72. The molecule has 0 fully saturated rings. The molecule has 0 atom stereocenters. The van der Waals surface area contributed by atoms with Gasteiger partial charge in [0.2, 0.25) is 5.91 Å². The number of thiophene rings is 1. The van der Waals surface area contributed by atoms with Gasteiger partial charge in [0, 0.05) is 23.9 Å². The van der Waals surface area contributed by atoms with Gasteiger partial charge in [-0.3, -0.25) is 4.79 Å². The highest BCUT2D eigenvalue weighted by molar-refractivity contribution is 7.16. The molecule has 0 saturated heterocycles. The number of carbonyl (C=O) groups is 2. The van der Waals surface area contributed by atoms with Gasteiger partial charge < -0.3 is 24.4 Å². The van der Waals surface area contributed by atoms with Crippen molar-refractivity contribution < 1.29 is 23.8 Å². The second-order valence-electron chi connectivity index (χ2n) is 6.96. The Morgan fingerprint density at radius 1 is 1.23 bits per heavy atom. The highest BCUT2D eigenvalue weighted by Crippen LogP contribution is 2.37. The number of rotatable bonds is 7. The van der Waals surface area contributed by atoms with Crippen LogP contribution in [0.1, 0.15) is 34.9 Å². The zero-order valence-corrected chi connectivity index (χ0v) is 18.6. The molecule has 1 aliphatic rings. The van der Waals surface area contributed by atoms with Crippen molar-refractivity contribution in [3.05, 3.63) is 39.8 Å². The molecule has 2 aromatic rings. The van der Waals surface area contributed by atoms with Crippen molar-refractivity contribution >= 4 is 28.3 Å². The van der Waals surface area contributed by atoms with Crippen LogP contribution in [0.5, 0.6) is 11.5 Å². The van der Waals surface area contributed by atoms with Crippen LogP contribution in [0.15, 0.2) is 18.2 Å². The Balaban J connectivity index is 1.67. The Labute approximate surface area is 185 Å².